The van der Waals surface area contributed by atoms with Crippen LogP contribution < -0.4 is 14.4 Å². The second-order valence-corrected chi connectivity index (χ2v) is 8.29. The normalized spacial score (nSPS) is 10.6. The molecule has 0 aromatic heterocycles. The van der Waals surface area contributed by atoms with Gasteiger partial charge in [-0.2, -0.15) is 0 Å². The summed E-state index contributed by atoms with van der Waals surface area (Å²) >= 11 is 0. The topological polar surface area (TPSA) is 74.1 Å². The maximum Gasteiger partial charge on any atom is 0.274 e. The van der Waals surface area contributed by atoms with Gasteiger partial charge in [0.1, 0.15) is 17.2 Å². The first-order chi connectivity index (χ1) is 17.5. The largest absolute Gasteiger partial charge is 0.468 e. The Balaban J connectivity index is 1.51. The van der Waals surface area contributed by atoms with Gasteiger partial charge in [-0.05, 0) is 60.5 Å². The molecule has 4 aromatic carbocycles. The Bertz CT molecular complexity index is 1280. The molecule has 0 amide bonds. The molecule has 0 atom stereocenters. The lowest BCUT2D eigenvalue weighted by molar-refractivity contribution is -0.385. The van der Waals surface area contributed by atoms with Gasteiger partial charge in [-0.15, -0.1) is 0 Å². The summed E-state index contributed by atoms with van der Waals surface area (Å²) in [6.07, 6.45) is 0. The van der Waals surface area contributed by atoms with Gasteiger partial charge in [-0.25, -0.2) is 0 Å². The van der Waals surface area contributed by atoms with Gasteiger partial charge in [-0.3, -0.25) is 10.1 Å². The summed E-state index contributed by atoms with van der Waals surface area (Å²) < 4.78 is 16.3. The summed E-state index contributed by atoms with van der Waals surface area (Å²) in [6, 6.07) is 30.5. The number of hydrogen-bond donors (Lipinski definition) is 0. The van der Waals surface area contributed by atoms with Crippen LogP contribution in [0, 0.1) is 17.0 Å². The van der Waals surface area contributed by atoms with Crippen LogP contribution in [-0.4, -0.2) is 18.8 Å². The highest BCUT2D eigenvalue weighted by Gasteiger charge is 2.18. The summed E-state index contributed by atoms with van der Waals surface area (Å²) in [6.45, 7) is 3.20. The Morgan fingerprint density at radius 1 is 0.750 bits per heavy atom. The highest BCUT2D eigenvalue weighted by Crippen LogP contribution is 2.31. The van der Waals surface area contributed by atoms with E-state index in [4.69, 9.17) is 14.2 Å². The molecule has 4 aromatic rings. The van der Waals surface area contributed by atoms with Gasteiger partial charge in [0.25, 0.3) is 5.69 Å². The third-order valence-corrected chi connectivity index (χ3v) is 5.73. The average molecular weight is 485 g/mol. The molecule has 0 fully saturated rings. The highest BCUT2D eigenvalue weighted by atomic mass is 16.7. The van der Waals surface area contributed by atoms with Crippen molar-refractivity contribution in [1.29, 1.82) is 0 Å². The van der Waals surface area contributed by atoms with E-state index in [2.05, 4.69) is 17.0 Å². The number of benzene rings is 4. The third-order valence-electron chi connectivity index (χ3n) is 5.73. The monoisotopic (exact) mass is 484 g/mol. The molecule has 7 heteroatoms. The summed E-state index contributed by atoms with van der Waals surface area (Å²) in [5, 5.41) is 11.5. The first kappa shape index (κ1) is 24.8. The van der Waals surface area contributed by atoms with Crippen molar-refractivity contribution in [3.8, 4) is 17.2 Å². The molecule has 0 bridgehead atoms. The lowest BCUT2D eigenvalue weighted by Gasteiger charge is -2.27. The molecule has 0 heterocycles. The van der Waals surface area contributed by atoms with Crippen LogP contribution in [-0.2, 0) is 17.8 Å². The van der Waals surface area contributed by atoms with Crippen LogP contribution in [0.25, 0.3) is 0 Å². The van der Waals surface area contributed by atoms with Crippen molar-refractivity contribution in [2.24, 2.45) is 0 Å². The van der Waals surface area contributed by atoms with E-state index in [1.807, 2.05) is 72.8 Å². The van der Waals surface area contributed by atoms with Crippen molar-refractivity contribution >= 4 is 11.4 Å². The molecule has 0 radical (unpaired) electrons. The molecular weight excluding hydrogens is 456 g/mol. The first-order valence-electron chi connectivity index (χ1n) is 11.5. The van der Waals surface area contributed by atoms with Crippen molar-refractivity contribution in [2.75, 3.05) is 18.8 Å². The van der Waals surface area contributed by atoms with Gasteiger partial charge in [-0.1, -0.05) is 48.5 Å². The van der Waals surface area contributed by atoms with Crippen molar-refractivity contribution < 1.29 is 19.1 Å². The van der Waals surface area contributed by atoms with E-state index in [0.717, 1.165) is 16.8 Å². The van der Waals surface area contributed by atoms with Crippen LogP contribution in [0.2, 0.25) is 0 Å². The molecule has 36 heavy (non-hydrogen) atoms. The van der Waals surface area contributed by atoms with Gasteiger partial charge in [0, 0.05) is 32.0 Å². The lowest BCUT2D eigenvalue weighted by Crippen LogP contribution is -2.23. The molecule has 0 spiro atoms. The fraction of sp³-hybridized carbons (Fsp3) is 0.172. The lowest BCUT2D eigenvalue weighted by atomic mass is 10.1. The maximum atomic E-state index is 11.5. The van der Waals surface area contributed by atoms with Crippen LogP contribution >= 0.6 is 0 Å². The van der Waals surface area contributed by atoms with Crippen LogP contribution in [0.5, 0.6) is 17.2 Å². The number of nitrogens with zero attached hydrogens (tertiary/aromatic N) is 2. The van der Waals surface area contributed by atoms with E-state index in [0.29, 0.717) is 35.9 Å². The molecular formula is C29H28N2O5. The molecule has 0 unspecified atom stereocenters. The number of anilines is 1. The van der Waals surface area contributed by atoms with Gasteiger partial charge >= 0.3 is 0 Å². The second-order valence-electron chi connectivity index (χ2n) is 8.29. The quantitative estimate of drug-likeness (QED) is 0.131. The minimum atomic E-state index is -0.331. The van der Waals surface area contributed by atoms with Crippen LogP contribution in [0.4, 0.5) is 11.4 Å². The van der Waals surface area contributed by atoms with Crippen molar-refractivity contribution in [3.05, 3.63) is 124 Å². The summed E-state index contributed by atoms with van der Waals surface area (Å²) in [4.78, 5) is 13.4. The molecule has 0 saturated heterocycles. The fourth-order valence-corrected chi connectivity index (χ4v) is 3.93. The Hall–Kier alpha value is -4.36. The van der Waals surface area contributed by atoms with E-state index < -0.39 is 0 Å². The number of methoxy groups -OCH3 is 1. The fourth-order valence-electron chi connectivity index (χ4n) is 3.93. The van der Waals surface area contributed by atoms with Crippen molar-refractivity contribution in [2.45, 2.75) is 20.0 Å². The average Bonchev–Trinajstić information content (AvgIpc) is 2.89. The van der Waals surface area contributed by atoms with Gasteiger partial charge in [0.05, 0.1) is 10.5 Å². The number of nitro groups is 1. The predicted octanol–water partition coefficient (Wildman–Crippen LogP) is 6.89. The summed E-state index contributed by atoms with van der Waals surface area (Å²) in [5.74, 6) is 2.12. The van der Waals surface area contributed by atoms with Gasteiger partial charge in [0.2, 0.25) is 0 Å². The van der Waals surface area contributed by atoms with Gasteiger partial charge in [0.15, 0.2) is 6.79 Å². The molecule has 4 rings (SSSR count). The second kappa shape index (κ2) is 11.9. The summed E-state index contributed by atoms with van der Waals surface area (Å²) in [5.41, 5.74) is 3.79. The molecule has 0 aliphatic heterocycles. The molecule has 0 saturated carbocycles. The number of rotatable bonds is 11. The van der Waals surface area contributed by atoms with E-state index in [9.17, 15) is 10.1 Å². The van der Waals surface area contributed by atoms with E-state index in [1.165, 1.54) is 0 Å². The van der Waals surface area contributed by atoms with Crippen LogP contribution in [0.1, 0.15) is 16.7 Å². The SMILES string of the molecule is COCOc1ccc(Oc2ccc(CN(Cc3ccccc3)c3cccc([N+](=O)[O-])c3C)cc2)cc1. The first-order valence-corrected chi connectivity index (χ1v) is 11.5. The zero-order valence-electron chi connectivity index (χ0n) is 20.3. The Morgan fingerprint density at radius 2 is 1.33 bits per heavy atom. The Labute approximate surface area is 210 Å². The zero-order chi connectivity index (χ0) is 25.3. The van der Waals surface area contributed by atoms with Gasteiger partial charge < -0.3 is 19.1 Å². The number of nitro benzene ring substituents is 1. The maximum absolute atomic E-state index is 11.5. The third kappa shape index (κ3) is 6.40. The molecule has 7 nitrogen and oxygen atoms in total. The van der Waals surface area contributed by atoms with E-state index in [-0.39, 0.29) is 17.4 Å². The molecule has 0 aliphatic rings. The Kier molecular flexibility index (Phi) is 8.16. The highest BCUT2D eigenvalue weighted by molar-refractivity contribution is 5.62. The molecule has 0 aliphatic carbocycles. The minimum absolute atomic E-state index is 0.118. The summed E-state index contributed by atoms with van der Waals surface area (Å²) in [7, 11) is 1.58. The zero-order valence-corrected chi connectivity index (χ0v) is 20.3. The molecule has 184 valence electrons. The predicted molar refractivity (Wildman–Crippen MR) is 140 cm³/mol. The van der Waals surface area contributed by atoms with E-state index >= 15 is 0 Å². The van der Waals surface area contributed by atoms with Crippen LogP contribution in [0.15, 0.2) is 97.1 Å². The van der Waals surface area contributed by atoms with Crippen molar-refractivity contribution in [3.63, 3.8) is 0 Å². The number of hydrogen-bond acceptors (Lipinski definition) is 6. The Morgan fingerprint density at radius 3 is 1.94 bits per heavy atom. The molecule has 0 N–H and O–H groups in total. The van der Waals surface area contributed by atoms with E-state index in [1.54, 1.807) is 26.2 Å². The van der Waals surface area contributed by atoms with Crippen LogP contribution in [0.3, 0.4) is 0 Å². The number of ether oxygens (including phenoxy) is 3. The van der Waals surface area contributed by atoms with Crippen molar-refractivity contribution in [1.82, 2.24) is 0 Å². The standard InChI is InChI=1S/C29H28N2O5/c1-22-28(9-6-10-29(22)31(32)33)30(19-23-7-4-3-5-8-23)20-24-11-13-26(14-12-24)36-27-17-15-25(16-18-27)35-21-34-2/h3-18H,19-21H2,1-2H3. The minimum Gasteiger partial charge on any atom is -0.468 e. The smallest absolute Gasteiger partial charge is 0.274 e.